The van der Waals surface area contributed by atoms with E-state index in [1.165, 1.54) is 0 Å². The molecule has 2 aliphatic rings. The maximum atomic E-state index is 12.4. The predicted octanol–water partition coefficient (Wildman–Crippen LogP) is 0.618. The number of carbonyl (C=O) groups excluding carboxylic acids is 2. The fourth-order valence-corrected chi connectivity index (χ4v) is 3.34. The van der Waals surface area contributed by atoms with E-state index >= 15 is 0 Å². The summed E-state index contributed by atoms with van der Waals surface area (Å²) in [4.78, 5) is 25.3. The van der Waals surface area contributed by atoms with Crippen LogP contribution in [0.3, 0.4) is 0 Å². The van der Waals surface area contributed by atoms with Crippen LogP contribution in [0.25, 0.3) is 0 Å². The number of primary amides is 1. The highest BCUT2D eigenvalue weighted by molar-refractivity contribution is 5.80. The summed E-state index contributed by atoms with van der Waals surface area (Å²) in [6, 6.07) is 0.0320. The first-order chi connectivity index (χ1) is 9.08. The zero-order chi connectivity index (χ0) is 13.8. The quantitative estimate of drug-likeness (QED) is 0.785. The average molecular weight is 267 g/mol. The molecule has 0 radical (unpaired) electrons. The third-order valence-electron chi connectivity index (χ3n) is 4.55. The van der Waals surface area contributed by atoms with E-state index in [1.807, 2.05) is 4.90 Å². The highest BCUT2D eigenvalue weighted by atomic mass is 16.2. The fourth-order valence-electron chi connectivity index (χ4n) is 3.34. The summed E-state index contributed by atoms with van der Waals surface area (Å²) in [5.41, 5.74) is 11.3. The molecule has 2 fully saturated rings. The van der Waals surface area contributed by atoms with Gasteiger partial charge < -0.3 is 16.4 Å². The van der Waals surface area contributed by atoms with Gasteiger partial charge >= 0.3 is 0 Å². The molecule has 1 saturated heterocycles. The van der Waals surface area contributed by atoms with Gasteiger partial charge in [0.2, 0.25) is 11.8 Å². The number of carbonyl (C=O) groups is 2. The van der Waals surface area contributed by atoms with Crippen molar-refractivity contribution in [2.45, 2.75) is 51.0 Å². The lowest BCUT2D eigenvalue weighted by atomic mass is 9.83. The average Bonchev–Trinajstić information content (AvgIpc) is 2.39. The molecule has 1 heterocycles. The number of nitrogens with zero attached hydrogens (tertiary/aromatic N) is 1. The lowest BCUT2D eigenvalue weighted by Crippen LogP contribution is -2.48. The van der Waals surface area contributed by atoms with Gasteiger partial charge in [0.1, 0.15) is 0 Å². The van der Waals surface area contributed by atoms with Crippen LogP contribution < -0.4 is 11.5 Å². The van der Waals surface area contributed by atoms with Crippen molar-refractivity contribution in [1.29, 1.82) is 0 Å². The van der Waals surface area contributed by atoms with Gasteiger partial charge in [0, 0.05) is 25.6 Å². The standard InChI is InChI=1S/C14H25N3O2/c15-12-4-2-1-3-11(12)14(19)17-7-5-10(6-8-17)9-13(16)18/h10-12H,1-9,15H2,(H2,16,18). The van der Waals surface area contributed by atoms with Crippen molar-refractivity contribution in [2.24, 2.45) is 23.3 Å². The van der Waals surface area contributed by atoms with Crippen LogP contribution in [0.15, 0.2) is 0 Å². The highest BCUT2D eigenvalue weighted by Gasteiger charge is 2.33. The first-order valence-electron chi connectivity index (χ1n) is 7.40. The molecule has 1 aliphatic heterocycles. The Balaban J connectivity index is 1.83. The monoisotopic (exact) mass is 267 g/mol. The van der Waals surface area contributed by atoms with Gasteiger partial charge in [-0.1, -0.05) is 12.8 Å². The summed E-state index contributed by atoms with van der Waals surface area (Å²) in [6.07, 6.45) is 6.38. The molecule has 2 atom stereocenters. The van der Waals surface area contributed by atoms with Gasteiger partial charge in [-0.15, -0.1) is 0 Å². The molecule has 0 bridgehead atoms. The van der Waals surface area contributed by atoms with E-state index in [-0.39, 0.29) is 23.8 Å². The van der Waals surface area contributed by atoms with Gasteiger partial charge in [0.15, 0.2) is 0 Å². The van der Waals surface area contributed by atoms with Crippen LogP contribution in [-0.4, -0.2) is 35.8 Å². The minimum absolute atomic E-state index is 0.0152. The van der Waals surface area contributed by atoms with Gasteiger partial charge in [-0.05, 0) is 31.6 Å². The Morgan fingerprint density at radius 3 is 2.26 bits per heavy atom. The zero-order valence-corrected chi connectivity index (χ0v) is 11.5. The van der Waals surface area contributed by atoms with Gasteiger partial charge in [-0.25, -0.2) is 0 Å². The second-order valence-electron chi connectivity index (χ2n) is 5.99. The Bertz CT molecular complexity index is 338. The van der Waals surface area contributed by atoms with E-state index in [1.54, 1.807) is 0 Å². The topological polar surface area (TPSA) is 89.4 Å². The van der Waals surface area contributed by atoms with Gasteiger partial charge in [0.05, 0.1) is 5.92 Å². The van der Waals surface area contributed by atoms with E-state index in [0.29, 0.717) is 12.3 Å². The third kappa shape index (κ3) is 3.69. The number of piperidine rings is 1. The van der Waals surface area contributed by atoms with E-state index in [2.05, 4.69) is 0 Å². The Labute approximate surface area is 114 Å². The zero-order valence-electron chi connectivity index (χ0n) is 11.5. The molecule has 0 spiro atoms. The van der Waals surface area contributed by atoms with Gasteiger partial charge in [-0.3, -0.25) is 9.59 Å². The maximum absolute atomic E-state index is 12.4. The first kappa shape index (κ1) is 14.3. The molecule has 5 heteroatoms. The number of hydrogen-bond donors (Lipinski definition) is 2. The second-order valence-corrected chi connectivity index (χ2v) is 5.99. The van der Waals surface area contributed by atoms with Crippen LogP contribution in [0, 0.1) is 11.8 Å². The Kier molecular flexibility index (Phi) is 4.80. The molecule has 5 nitrogen and oxygen atoms in total. The van der Waals surface area contributed by atoms with Crippen molar-refractivity contribution in [3.05, 3.63) is 0 Å². The summed E-state index contributed by atoms with van der Waals surface area (Å²) < 4.78 is 0. The lowest BCUT2D eigenvalue weighted by molar-refractivity contribution is -0.138. The molecule has 19 heavy (non-hydrogen) atoms. The molecule has 0 aromatic rings. The van der Waals surface area contributed by atoms with Crippen LogP contribution in [0.1, 0.15) is 44.9 Å². The van der Waals surface area contributed by atoms with Crippen molar-refractivity contribution in [3.63, 3.8) is 0 Å². The molecular formula is C14H25N3O2. The molecule has 0 aromatic heterocycles. The third-order valence-corrected chi connectivity index (χ3v) is 4.55. The largest absolute Gasteiger partial charge is 0.370 e. The van der Waals surface area contributed by atoms with E-state index in [0.717, 1.165) is 51.6 Å². The number of hydrogen-bond acceptors (Lipinski definition) is 3. The summed E-state index contributed by atoms with van der Waals surface area (Å²) in [7, 11) is 0. The summed E-state index contributed by atoms with van der Waals surface area (Å²) in [5, 5.41) is 0. The number of amides is 2. The normalized spacial score (nSPS) is 29.2. The van der Waals surface area contributed by atoms with Crippen molar-refractivity contribution >= 4 is 11.8 Å². The Morgan fingerprint density at radius 1 is 1.05 bits per heavy atom. The van der Waals surface area contributed by atoms with Crippen LogP contribution >= 0.6 is 0 Å². The number of likely N-dealkylation sites (tertiary alicyclic amines) is 1. The van der Waals surface area contributed by atoms with Crippen molar-refractivity contribution < 1.29 is 9.59 Å². The van der Waals surface area contributed by atoms with E-state index in [4.69, 9.17) is 11.5 Å². The Hall–Kier alpha value is -1.10. The molecular weight excluding hydrogens is 242 g/mol. The van der Waals surface area contributed by atoms with Crippen LogP contribution in [0.4, 0.5) is 0 Å². The highest BCUT2D eigenvalue weighted by Crippen LogP contribution is 2.27. The molecule has 2 rings (SSSR count). The minimum Gasteiger partial charge on any atom is -0.370 e. The molecule has 2 amide bonds. The molecule has 1 aliphatic carbocycles. The predicted molar refractivity (Wildman–Crippen MR) is 73.0 cm³/mol. The smallest absolute Gasteiger partial charge is 0.227 e. The summed E-state index contributed by atoms with van der Waals surface area (Å²) >= 11 is 0. The maximum Gasteiger partial charge on any atom is 0.227 e. The number of rotatable bonds is 3. The molecule has 108 valence electrons. The van der Waals surface area contributed by atoms with Crippen molar-refractivity contribution in [1.82, 2.24) is 4.90 Å². The molecule has 4 N–H and O–H groups in total. The fraction of sp³-hybridized carbons (Fsp3) is 0.857. The van der Waals surface area contributed by atoms with Crippen molar-refractivity contribution in [2.75, 3.05) is 13.1 Å². The molecule has 1 saturated carbocycles. The first-order valence-corrected chi connectivity index (χ1v) is 7.40. The minimum atomic E-state index is -0.237. The van der Waals surface area contributed by atoms with Crippen molar-refractivity contribution in [3.8, 4) is 0 Å². The number of nitrogens with two attached hydrogens (primary N) is 2. The van der Waals surface area contributed by atoms with Crippen LogP contribution in [0.5, 0.6) is 0 Å². The SMILES string of the molecule is NC(=O)CC1CCN(C(=O)C2CCCCC2N)CC1. The summed E-state index contributed by atoms with van der Waals surface area (Å²) in [6.45, 7) is 1.50. The summed E-state index contributed by atoms with van der Waals surface area (Å²) in [5.74, 6) is 0.354. The van der Waals surface area contributed by atoms with Gasteiger partial charge in [0.25, 0.3) is 0 Å². The Morgan fingerprint density at radius 2 is 1.68 bits per heavy atom. The van der Waals surface area contributed by atoms with Gasteiger partial charge in [-0.2, -0.15) is 0 Å². The lowest BCUT2D eigenvalue weighted by Gasteiger charge is -2.36. The van der Waals surface area contributed by atoms with E-state index < -0.39 is 0 Å². The van der Waals surface area contributed by atoms with E-state index in [9.17, 15) is 9.59 Å². The van der Waals surface area contributed by atoms with Crippen LogP contribution in [0.2, 0.25) is 0 Å². The molecule has 0 aromatic carbocycles. The van der Waals surface area contributed by atoms with Crippen LogP contribution in [-0.2, 0) is 9.59 Å². The molecule has 2 unspecified atom stereocenters. The second kappa shape index (κ2) is 6.37.